The number of anilines is 1. The van der Waals surface area contributed by atoms with Gasteiger partial charge in [-0.05, 0) is 50.3 Å². The number of benzene rings is 1. The van der Waals surface area contributed by atoms with Gasteiger partial charge in [0.1, 0.15) is 0 Å². The van der Waals surface area contributed by atoms with Gasteiger partial charge in [0.25, 0.3) is 0 Å². The largest absolute Gasteiger partial charge is 0.394 e. The van der Waals surface area contributed by atoms with Gasteiger partial charge in [0.15, 0.2) is 0 Å². The summed E-state index contributed by atoms with van der Waals surface area (Å²) in [6.45, 7) is 4.14. The Bertz CT molecular complexity index is 363. The molecule has 1 aromatic carbocycles. The fourth-order valence-electron chi connectivity index (χ4n) is 2.70. The first-order valence-corrected chi connectivity index (χ1v) is 7.10. The molecule has 0 heterocycles. The zero-order valence-corrected chi connectivity index (χ0v) is 11.6. The van der Waals surface area contributed by atoms with E-state index in [0.29, 0.717) is 0 Å². The molecule has 1 saturated carbocycles. The molecule has 1 aliphatic carbocycles. The van der Waals surface area contributed by atoms with Gasteiger partial charge in [-0.2, -0.15) is 0 Å². The number of aliphatic hydroxyl groups is 1. The van der Waals surface area contributed by atoms with Crippen LogP contribution in [0.15, 0.2) is 24.3 Å². The van der Waals surface area contributed by atoms with Crippen LogP contribution in [-0.2, 0) is 0 Å². The molecule has 1 fully saturated rings. The van der Waals surface area contributed by atoms with Crippen LogP contribution in [0.1, 0.15) is 57.4 Å². The highest BCUT2D eigenvalue weighted by Gasteiger charge is 2.17. The average Bonchev–Trinajstić information content (AvgIpc) is 2.40. The van der Waals surface area contributed by atoms with Gasteiger partial charge in [-0.3, -0.25) is 0 Å². The molecule has 0 bridgehead atoms. The number of nitrogens with one attached hydrogen (secondary N) is 1. The van der Waals surface area contributed by atoms with Gasteiger partial charge in [0.05, 0.1) is 12.1 Å². The normalized spacial score (nSPS) is 17.7. The molecule has 100 valence electrons. The van der Waals surface area contributed by atoms with Crippen molar-refractivity contribution in [3.8, 4) is 0 Å². The van der Waals surface area contributed by atoms with Gasteiger partial charge in [-0.1, -0.05) is 31.4 Å². The Kier molecular flexibility index (Phi) is 4.28. The minimum atomic E-state index is -0.258. The van der Waals surface area contributed by atoms with E-state index in [9.17, 15) is 5.11 Å². The lowest BCUT2D eigenvalue weighted by Crippen LogP contribution is -2.34. The van der Waals surface area contributed by atoms with Crippen LogP contribution < -0.4 is 5.32 Å². The van der Waals surface area contributed by atoms with Crippen LogP contribution in [-0.4, -0.2) is 17.3 Å². The van der Waals surface area contributed by atoms with E-state index in [0.717, 1.165) is 11.6 Å². The number of hydrogen-bond donors (Lipinski definition) is 2. The van der Waals surface area contributed by atoms with E-state index in [4.69, 9.17) is 0 Å². The lowest BCUT2D eigenvalue weighted by Gasteiger charge is -2.26. The first kappa shape index (κ1) is 13.4. The Balaban J connectivity index is 2.00. The monoisotopic (exact) mass is 247 g/mol. The number of rotatable bonds is 4. The maximum Gasteiger partial charge on any atom is 0.0656 e. The summed E-state index contributed by atoms with van der Waals surface area (Å²) >= 11 is 0. The molecule has 0 saturated heterocycles. The summed E-state index contributed by atoms with van der Waals surface area (Å²) in [5.74, 6) is 0.763. The van der Waals surface area contributed by atoms with Crippen LogP contribution in [0.2, 0.25) is 0 Å². The van der Waals surface area contributed by atoms with E-state index in [2.05, 4.69) is 29.6 Å². The molecule has 2 heteroatoms. The molecule has 2 rings (SSSR count). The minimum absolute atomic E-state index is 0.136. The predicted molar refractivity (Wildman–Crippen MR) is 77.1 cm³/mol. The van der Waals surface area contributed by atoms with Crippen molar-refractivity contribution in [2.24, 2.45) is 0 Å². The van der Waals surface area contributed by atoms with Crippen molar-refractivity contribution in [3.63, 3.8) is 0 Å². The van der Waals surface area contributed by atoms with Crippen molar-refractivity contribution >= 4 is 5.69 Å². The number of aliphatic hydroxyl groups excluding tert-OH is 1. The van der Waals surface area contributed by atoms with E-state index >= 15 is 0 Å². The lowest BCUT2D eigenvalue weighted by atomic mass is 9.84. The molecule has 2 N–H and O–H groups in total. The molecule has 1 aromatic rings. The van der Waals surface area contributed by atoms with Crippen molar-refractivity contribution in [2.75, 3.05) is 11.9 Å². The summed E-state index contributed by atoms with van der Waals surface area (Å²) in [5, 5.41) is 12.6. The SMILES string of the molecule is CC(C)(CO)Nc1ccc(C2CCCCC2)cc1. The van der Waals surface area contributed by atoms with Crippen LogP contribution in [0.3, 0.4) is 0 Å². The second kappa shape index (κ2) is 5.75. The molecular formula is C16H25NO. The van der Waals surface area contributed by atoms with Crippen LogP contribution in [0.25, 0.3) is 0 Å². The summed E-state index contributed by atoms with van der Waals surface area (Å²) in [4.78, 5) is 0. The fourth-order valence-corrected chi connectivity index (χ4v) is 2.70. The van der Waals surface area contributed by atoms with E-state index in [1.165, 1.54) is 37.7 Å². The molecule has 0 atom stereocenters. The highest BCUT2D eigenvalue weighted by Crippen LogP contribution is 2.33. The molecular weight excluding hydrogens is 222 g/mol. The quantitative estimate of drug-likeness (QED) is 0.845. The molecule has 1 aliphatic rings. The Labute approximate surface area is 110 Å². The molecule has 2 nitrogen and oxygen atoms in total. The summed E-state index contributed by atoms with van der Waals surface area (Å²) in [7, 11) is 0. The van der Waals surface area contributed by atoms with Gasteiger partial charge >= 0.3 is 0 Å². The summed E-state index contributed by atoms with van der Waals surface area (Å²) in [5.41, 5.74) is 2.31. The van der Waals surface area contributed by atoms with Gasteiger partial charge in [0, 0.05) is 5.69 Å². The van der Waals surface area contributed by atoms with Crippen LogP contribution in [0.5, 0.6) is 0 Å². The Morgan fingerprint density at radius 2 is 1.72 bits per heavy atom. The molecule has 0 amide bonds. The van der Waals surface area contributed by atoms with E-state index in [-0.39, 0.29) is 12.1 Å². The van der Waals surface area contributed by atoms with Crippen LogP contribution in [0.4, 0.5) is 5.69 Å². The molecule has 0 unspecified atom stereocenters. The third-order valence-electron chi connectivity index (χ3n) is 3.87. The zero-order valence-electron chi connectivity index (χ0n) is 11.6. The molecule has 18 heavy (non-hydrogen) atoms. The van der Waals surface area contributed by atoms with Crippen molar-refractivity contribution < 1.29 is 5.11 Å². The molecule has 0 aliphatic heterocycles. The summed E-state index contributed by atoms with van der Waals surface area (Å²) in [6, 6.07) is 8.76. The summed E-state index contributed by atoms with van der Waals surface area (Å²) < 4.78 is 0. The lowest BCUT2D eigenvalue weighted by molar-refractivity contribution is 0.234. The third-order valence-corrected chi connectivity index (χ3v) is 3.87. The standard InChI is InChI=1S/C16H25NO/c1-16(2,12-18)17-15-10-8-14(9-11-15)13-6-4-3-5-7-13/h8-11,13,17-18H,3-7,12H2,1-2H3. The second-order valence-electron chi connectivity index (χ2n) is 6.12. The molecule has 0 aromatic heterocycles. The Hall–Kier alpha value is -1.02. The zero-order chi connectivity index (χ0) is 13.0. The van der Waals surface area contributed by atoms with Crippen LogP contribution >= 0.6 is 0 Å². The first-order valence-electron chi connectivity index (χ1n) is 7.10. The van der Waals surface area contributed by atoms with Crippen molar-refractivity contribution in [1.29, 1.82) is 0 Å². The second-order valence-corrected chi connectivity index (χ2v) is 6.12. The topological polar surface area (TPSA) is 32.3 Å². The van der Waals surface area contributed by atoms with E-state index < -0.39 is 0 Å². The van der Waals surface area contributed by atoms with Crippen molar-refractivity contribution in [3.05, 3.63) is 29.8 Å². The molecule has 0 spiro atoms. The predicted octanol–water partition coefficient (Wildman–Crippen LogP) is 3.92. The van der Waals surface area contributed by atoms with Gasteiger partial charge in [0.2, 0.25) is 0 Å². The van der Waals surface area contributed by atoms with E-state index in [1.54, 1.807) is 0 Å². The van der Waals surface area contributed by atoms with Crippen LogP contribution in [0, 0.1) is 0 Å². The molecule has 0 radical (unpaired) electrons. The van der Waals surface area contributed by atoms with Gasteiger partial charge in [-0.25, -0.2) is 0 Å². The maximum absolute atomic E-state index is 9.25. The highest BCUT2D eigenvalue weighted by atomic mass is 16.3. The van der Waals surface area contributed by atoms with E-state index in [1.807, 2.05) is 13.8 Å². The smallest absolute Gasteiger partial charge is 0.0656 e. The Morgan fingerprint density at radius 1 is 1.11 bits per heavy atom. The van der Waals surface area contributed by atoms with Gasteiger partial charge < -0.3 is 10.4 Å². The number of hydrogen-bond acceptors (Lipinski definition) is 2. The summed E-state index contributed by atoms with van der Waals surface area (Å²) in [6.07, 6.45) is 6.84. The maximum atomic E-state index is 9.25. The Morgan fingerprint density at radius 3 is 2.28 bits per heavy atom. The third kappa shape index (κ3) is 3.49. The van der Waals surface area contributed by atoms with Crippen molar-refractivity contribution in [2.45, 2.75) is 57.4 Å². The minimum Gasteiger partial charge on any atom is -0.394 e. The highest BCUT2D eigenvalue weighted by molar-refractivity contribution is 5.47. The van der Waals surface area contributed by atoms with Gasteiger partial charge in [-0.15, -0.1) is 0 Å². The average molecular weight is 247 g/mol. The van der Waals surface area contributed by atoms with Crippen molar-refractivity contribution in [1.82, 2.24) is 0 Å². The fraction of sp³-hybridized carbons (Fsp3) is 0.625. The first-order chi connectivity index (χ1) is 8.61.